The zero-order valence-electron chi connectivity index (χ0n) is 23.4. The maximum absolute atomic E-state index is 2.42. The third kappa shape index (κ3) is 3.82. The van der Waals surface area contributed by atoms with Crippen LogP contribution in [0.3, 0.4) is 0 Å². The van der Waals surface area contributed by atoms with Gasteiger partial charge in [0.25, 0.3) is 0 Å². The van der Waals surface area contributed by atoms with Gasteiger partial charge in [-0.2, -0.15) is 0 Å². The van der Waals surface area contributed by atoms with Crippen LogP contribution in [0.25, 0.3) is 85.9 Å². The first kappa shape index (κ1) is 24.4. The summed E-state index contributed by atoms with van der Waals surface area (Å²) in [6, 6.07) is 58.0. The van der Waals surface area contributed by atoms with Gasteiger partial charge in [0, 0.05) is 20.2 Å². The van der Waals surface area contributed by atoms with Crippen LogP contribution in [-0.2, 0) is 0 Å². The van der Waals surface area contributed by atoms with Crippen LogP contribution in [0.1, 0.15) is 0 Å². The lowest BCUT2D eigenvalue weighted by molar-refractivity contribution is 1.65. The molecule has 0 saturated heterocycles. The van der Waals surface area contributed by atoms with Gasteiger partial charge in [-0.15, -0.1) is 11.3 Å². The van der Waals surface area contributed by atoms with E-state index in [9.17, 15) is 0 Å². The molecule has 9 aromatic rings. The number of thiophene rings is 1. The van der Waals surface area contributed by atoms with Crippen LogP contribution in [0.4, 0.5) is 0 Å². The summed E-state index contributed by atoms with van der Waals surface area (Å²) in [7, 11) is 0. The third-order valence-electron chi connectivity index (χ3n) is 8.84. The Hall–Kier alpha value is -5.24. The Labute approximate surface area is 254 Å². The molecule has 0 aliphatic carbocycles. The number of hydrogen-bond donors (Lipinski definition) is 0. The first-order valence-electron chi connectivity index (χ1n) is 14.8. The van der Waals surface area contributed by atoms with Crippen LogP contribution in [0.5, 0.6) is 0 Å². The van der Waals surface area contributed by atoms with Gasteiger partial charge in [0.2, 0.25) is 0 Å². The van der Waals surface area contributed by atoms with Crippen molar-refractivity contribution in [3.05, 3.63) is 158 Å². The fraction of sp³-hybridized carbons (Fsp3) is 0. The van der Waals surface area contributed by atoms with Crippen molar-refractivity contribution in [3.63, 3.8) is 0 Å². The van der Waals surface area contributed by atoms with Crippen molar-refractivity contribution in [1.29, 1.82) is 0 Å². The Morgan fingerprint density at radius 3 is 1.81 bits per heavy atom. The van der Waals surface area contributed by atoms with Crippen molar-refractivity contribution in [3.8, 4) is 33.4 Å². The molecular weight excluding hydrogens is 537 g/mol. The molecule has 0 saturated carbocycles. The van der Waals surface area contributed by atoms with Gasteiger partial charge in [0.05, 0.1) is 0 Å². The second kappa shape index (κ2) is 9.66. The van der Waals surface area contributed by atoms with Crippen LogP contribution in [0, 0.1) is 0 Å². The highest BCUT2D eigenvalue weighted by atomic mass is 32.1. The van der Waals surface area contributed by atoms with E-state index in [1.165, 1.54) is 85.9 Å². The molecule has 200 valence electrons. The Kier molecular flexibility index (Phi) is 5.47. The molecule has 1 aromatic heterocycles. The number of fused-ring (bicyclic) bond motifs is 6. The van der Waals surface area contributed by atoms with E-state index in [1.54, 1.807) is 0 Å². The summed E-state index contributed by atoms with van der Waals surface area (Å²) in [5.74, 6) is 0. The van der Waals surface area contributed by atoms with Gasteiger partial charge >= 0.3 is 0 Å². The lowest BCUT2D eigenvalue weighted by Gasteiger charge is -2.19. The summed E-state index contributed by atoms with van der Waals surface area (Å²) in [6.07, 6.45) is 0. The topological polar surface area (TPSA) is 0 Å². The largest absolute Gasteiger partial charge is 0.135 e. The monoisotopic (exact) mass is 562 g/mol. The molecular formula is C42H26S. The summed E-state index contributed by atoms with van der Waals surface area (Å²) in [4.78, 5) is 0. The normalized spacial score (nSPS) is 11.7. The minimum atomic E-state index is 1.23. The van der Waals surface area contributed by atoms with Crippen molar-refractivity contribution < 1.29 is 0 Å². The molecule has 8 aromatic carbocycles. The average Bonchev–Trinajstić information content (AvgIpc) is 3.46. The molecule has 0 atom stereocenters. The number of benzene rings is 8. The first-order valence-corrected chi connectivity index (χ1v) is 15.6. The fourth-order valence-electron chi connectivity index (χ4n) is 6.92. The molecule has 0 nitrogen and oxygen atoms in total. The van der Waals surface area contributed by atoms with Gasteiger partial charge in [0.1, 0.15) is 0 Å². The standard InChI is InChI=1S/C42H26S/c1-2-12-28(13-3-1)40-32-15-6-7-16-33(32)41(36-18-10-20-39-42(36)35-17-8-9-19-38(35)43-39)34-24-23-31(26-37(34)40)30-22-21-27-11-4-5-14-29(27)25-30/h1-26H. The van der Waals surface area contributed by atoms with Gasteiger partial charge in [-0.05, 0) is 90.0 Å². The molecule has 0 unspecified atom stereocenters. The van der Waals surface area contributed by atoms with Crippen molar-refractivity contribution >= 4 is 63.8 Å². The maximum atomic E-state index is 2.42. The van der Waals surface area contributed by atoms with Gasteiger partial charge in [0.15, 0.2) is 0 Å². The van der Waals surface area contributed by atoms with Gasteiger partial charge in [-0.3, -0.25) is 0 Å². The zero-order chi connectivity index (χ0) is 28.3. The van der Waals surface area contributed by atoms with E-state index in [4.69, 9.17) is 0 Å². The number of rotatable bonds is 3. The van der Waals surface area contributed by atoms with E-state index in [2.05, 4.69) is 158 Å². The lowest BCUT2D eigenvalue weighted by Crippen LogP contribution is -1.92. The van der Waals surface area contributed by atoms with Crippen molar-refractivity contribution in [2.45, 2.75) is 0 Å². The quantitative estimate of drug-likeness (QED) is 0.188. The van der Waals surface area contributed by atoms with Crippen molar-refractivity contribution in [1.82, 2.24) is 0 Å². The van der Waals surface area contributed by atoms with Crippen LogP contribution in [0.15, 0.2) is 158 Å². The lowest BCUT2D eigenvalue weighted by atomic mass is 9.84. The van der Waals surface area contributed by atoms with Crippen LogP contribution in [0.2, 0.25) is 0 Å². The summed E-state index contributed by atoms with van der Waals surface area (Å²) in [5, 5.41) is 10.3. The molecule has 0 spiro atoms. The smallest absolute Gasteiger partial charge is 0.0361 e. The van der Waals surface area contributed by atoms with Crippen LogP contribution < -0.4 is 0 Å². The van der Waals surface area contributed by atoms with E-state index in [-0.39, 0.29) is 0 Å². The SMILES string of the molecule is c1ccc(-c2c3ccccc3c(-c3cccc4sc5ccccc5c34)c3ccc(-c4ccc5ccccc5c4)cc23)cc1. The summed E-state index contributed by atoms with van der Waals surface area (Å²) >= 11 is 1.88. The predicted molar refractivity (Wildman–Crippen MR) is 188 cm³/mol. The zero-order valence-corrected chi connectivity index (χ0v) is 24.2. The fourth-order valence-corrected chi connectivity index (χ4v) is 8.05. The van der Waals surface area contributed by atoms with E-state index >= 15 is 0 Å². The second-order valence-corrected chi connectivity index (χ2v) is 12.3. The highest BCUT2D eigenvalue weighted by Gasteiger charge is 2.20. The number of hydrogen-bond acceptors (Lipinski definition) is 1. The van der Waals surface area contributed by atoms with E-state index in [0.29, 0.717) is 0 Å². The summed E-state index contributed by atoms with van der Waals surface area (Å²) in [6.45, 7) is 0. The highest BCUT2D eigenvalue weighted by Crippen LogP contribution is 2.48. The molecule has 0 fully saturated rings. The Morgan fingerprint density at radius 1 is 0.326 bits per heavy atom. The van der Waals surface area contributed by atoms with Crippen LogP contribution in [-0.4, -0.2) is 0 Å². The van der Waals surface area contributed by atoms with Crippen molar-refractivity contribution in [2.24, 2.45) is 0 Å². The Balaban J connectivity index is 1.43. The highest BCUT2D eigenvalue weighted by molar-refractivity contribution is 7.25. The molecule has 0 bridgehead atoms. The molecule has 0 aliphatic heterocycles. The predicted octanol–water partition coefficient (Wildman–Crippen LogP) is 12.5. The third-order valence-corrected chi connectivity index (χ3v) is 9.98. The summed E-state index contributed by atoms with van der Waals surface area (Å²) < 4.78 is 2.66. The minimum absolute atomic E-state index is 1.23. The van der Waals surface area contributed by atoms with Crippen LogP contribution >= 0.6 is 11.3 Å². The molecule has 43 heavy (non-hydrogen) atoms. The molecule has 0 amide bonds. The van der Waals surface area contributed by atoms with Crippen molar-refractivity contribution in [2.75, 3.05) is 0 Å². The second-order valence-electron chi connectivity index (χ2n) is 11.3. The molecule has 0 radical (unpaired) electrons. The molecule has 0 N–H and O–H groups in total. The minimum Gasteiger partial charge on any atom is -0.135 e. The maximum Gasteiger partial charge on any atom is 0.0361 e. The van der Waals surface area contributed by atoms with Gasteiger partial charge in [-0.1, -0.05) is 133 Å². The Bertz CT molecular complexity index is 2500. The molecule has 0 aliphatic rings. The van der Waals surface area contributed by atoms with Gasteiger partial charge in [-0.25, -0.2) is 0 Å². The van der Waals surface area contributed by atoms with E-state index in [0.717, 1.165) is 0 Å². The first-order chi connectivity index (χ1) is 21.3. The molecule has 1 heteroatoms. The van der Waals surface area contributed by atoms with E-state index in [1.807, 2.05) is 11.3 Å². The molecule has 1 heterocycles. The van der Waals surface area contributed by atoms with E-state index < -0.39 is 0 Å². The summed E-state index contributed by atoms with van der Waals surface area (Å²) in [5.41, 5.74) is 7.61. The van der Waals surface area contributed by atoms with Gasteiger partial charge < -0.3 is 0 Å². The molecule has 9 rings (SSSR count). The average molecular weight is 563 g/mol. The Morgan fingerprint density at radius 2 is 0.953 bits per heavy atom.